The Balaban J connectivity index is 0.00000392. The molecule has 1 saturated heterocycles. The third kappa shape index (κ3) is 6.75. The minimum absolute atomic E-state index is 0. The van der Waals surface area contributed by atoms with Crippen LogP contribution in [0.1, 0.15) is 32.1 Å². The smallest absolute Gasteiger partial charge is 0.252 e. The SMILES string of the molecule is CCC1CN(C(=NC)NCCc2ccc(S(=O)(=O)N(CC)CC)s2)CCS1.I. The van der Waals surface area contributed by atoms with E-state index in [0.717, 1.165) is 42.6 Å². The molecule has 0 saturated carbocycles. The number of nitrogens with zero attached hydrogens (tertiary/aromatic N) is 3. The zero-order valence-electron chi connectivity index (χ0n) is 17.2. The van der Waals surface area contributed by atoms with Crippen molar-refractivity contribution >= 4 is 63.1 Å². The second kappa shape index (κ2) is 12.6. The van der Waals surface area contributed by atoms with Gasteiger partial charge in [0, 0.05) is 55.7 Å². The average Bonchev–Trinajstić information content (AvgIpc) is 3.16. The average molecular weight is 561 g/mol. The van der Waals surface area contributed by atoms with Crippen molar-refractivity contribution in [1.29, 1.82) is 0 Å². The number of thiophene rings is 1. The lowest BCUT2D eigenvalue weighted by molar-refractivity contribution is 0.408. The molecule has 0 aromatic carbocycles. The lowest BCUT2D eigenvalue weighted by Crippen LogP contribution is -2.48. The molecule has 0 amide bonds. The summed E-state index contributed by atoms with van der Waals surface area (Å²) < 4.78 is 27.1. The molecule has 1 N–H and O–H groups in total. The highest BCUT2D eigenvalue weighted by atomic mass is 127. The fraction of sp³-hybridized carbons (Fsp3) is 0.722. The van der Waals surface area contributed by atoms with Crippen LogP contribution in [0.2, 0.25) is 0 Å². The number of aliphatic imine (C=N–C) groups is 1. The molecule has 1 aliphatic heterocycles. The fourth-order valence-electron chi connectivity index (χ4n) is 3.11. The van der Waals surface area contributed by atoms with E-state index >= 15 is 0 Å². The lowest BCUT2D eigenvalue weighted by atomic mass is 10.3. The third-order valence-corrected chi connectivity index (χ3v) is 9.73. The Kier molecular flexibility index (Phi) is 11.7. The second-order valence-electron chi connectivity index (χ2n) is 6.38. The van der Waals surface area contributed by atoms with Gasteiger partial charge in [0.05, 0.1) is 0 Å². The molecule has 28 heavy (non-hydrogen) atoms. The van der Waals surface area contributed by atoms with Gasteiger partial charge < -0.3 is 10.2 Å². The van der Waals surface area contributed by atoms with E-state index in [2.05, 4.69) is 22.1 Å². The van der Waals surface area contributed by atoms with Crippen molar-refractivity contribution in [1.82, 2.24) is 14.5 Å². The molecule has 2 heterocycles. The van der Waals surface area contributed by atoms with Crippen LogP contribution in [0.4, 0.5) is 0 Å². The number of hydrogen-bond acceptors (Lipinski definition) is 5. The quantitative estimate of drug-likeness (QED) is 0.300. The van der Waals surface area contributed by atoms with Gasteiger partial charge in [-0.1, -0.05) is 20.8 Å². The molecule has 0 radical (unpaired) electrons. The highest BCUT2D eigenvalue weighted by Gasteiger charge is 2.24. The van der Waals surface area contributed by atoms with Crippen molar-refractivity contribution in [3.63, 3.8) is 0 Å². The van der Waals surface area contributed by atoms with Gasteiger partial charge >= 0.3 is 0 Å². The van der Waals surface area contributed by atoms with Crippen molar-refractivity contribution < 1.29 is 8.42 Å². The Morgan fingerprint density at radius 1 is 1.32 bits per heavy atom. The first-order chi connectivity index (χ1) is 13.0. The van der Waals surface area contributed by atoms with E-state index in [9.17, 15) is 8.42 Å². The molecule has 6 nitrogen and oxygen atoms in total. The lowest BCUT2D eigenvalue weighted by Gasteiger charge is -2.34. The van der Waals surface area contributed by atoms with Gasteiger partial charge in [0.15, 0.2) is 5.96 Å². The Morgan fingerprint density at radius 2 is 2.04 bits per heavy atom. The molecular weight excluding hydrogens is 527 g/mol. The van der Waals surface area contributed by atoms with Crippen molar-refractivity contribution in [2.24, 2.45) is 4.99 Å². The van der Waals surface area contributed by atoms with Gasteiger partial charge in [-0.15, -0.1) is 35.3 Å². The fourth-order valence-corrected chi connectivity index (χ4v) is 7.26. The van der Waals surface area contributed by atoms with Crippen molar-refractivity contribution in [3.05, 3.63) is 17.0 Å². The standard InChI is InChI=1S/C18H32N4O2S3.HI/c1-5-15-14-21(12-13-25-15)18(19-4)20-11-10-16-8-9-17(26-16)27(23,24)22(6-2)7-3;/h8-9,15H,5-7,10-14H2,1-4H3,(H,19,20);1H. The summed E-state index contributed by atoms with van der Waals surface area (Å²) in [5.74, 6) is 2.08. The maximum atomic E-state index is 12.6. The minimum Gasteiger partial charge on any atom is -0.356 e. The van der Waals surface area contributed by atoms with E-state index in [-0.39, 0.29) is 24.0 Å². The number of nitrogens with one attached hydrogen (secondary N) is 1. The molecule has 0 bridgehead atoms. The molecule has 1 aromatic heterocycles. The topological polar surface area (TPSA) is 65.0 Å². The summed E-state index contributed by atoms with van der Waals surface area (Å²) in [6.07, 6.45) is 1.97. The molecule has 1 unspecified atom stereocenters. The van der Waals surface area contributed by atoms with Crippen LogP contribution in [0, 0.1) is 0 Å². The molecule has 0 aliphatic carbocycles. The Hall–Kier alpha value is -0.0400. The normalized spacial score (nSPS) is 18.2. The van der Waals surface area contributed by atoms with Gasteiger partial charge in [0.25, 0.3) is 10.0 Å². The molecule has 1 atom stereocenters. The van der Waals surface area contributed by atoms with E-state index < -0.39 is 10.0 Å². The summed E-state index contributed by atoms with van der Waals surface area (Å²) in [7, 11) is -1.53. The van der Waals surface area contributed by atoms with E-state index in [0.29, 0.717) is 22.5 Å². The van der Waals surface area contributed by atoms with E-state index in [4.69, 9.17) is 0 Å². The summed E-state index contributed by atoms with van der Waals surface area (Å²) in [6, 6.07) is 3.66. The molecule has 2 rings (SSSR count). The van der Waals surface area contributed by atoms with Crippen molar-refractivity contribution in [3.8, 4) is 0 Å². The predicted octanol–water partition coefficient (Wildman–Crippen LogP) is 3.34. The third-order valence-electron chi connectivity index (χ3n) is 4.70. The molecular formula is C18H33IN4O2S3. The van der Waals surface area contributed by atoms with Crippen LogP contribution in [0.5, 0.6) is 0 Å². The zero-order chi connectivity index (χ0) is 19.9. The van der Waals surface area contributed by atoms with Crippen LogP contribution in [0.3, 0.4) is 0 Å². The summed E-state index contributed by atoms with van der Waals surface area (Å²) in [4.78, 5) is 7.83. The van der Waals surface area contributed by atoms with Gasteiger partial charge in [-0.25, -0.2) is 8.42 Å². The first kappa shape index (κ1) is 26.0. The molecule has 162 valence electrons. The summed E-state index contributed by atoms with van der Waals surface area (Å²) in [5, 5.41) is 4.11. The first-order valence-corrected chi connectivity index (χ1v) is 12.9. The Labute approximate surface area is 195 Å². The van der Waals surface area contributed by atoms with Crippen LogP contribution in [0.25, 0.3) is 0 Å². The molecule has 0 spiro atoms. The van der Waals surface area contributed by atoms with Crippen molar-refractivity contribution in [2.45, 2.75) is 43.1 Å². The number of guanidine groups is 1. The molecule has 1 aromatic rings. The van der Waals surface area contributed by atoms with Gasteiger partial charge in [-0.2, -0.15) is 16.1 Å². The second-order valence-corrected chi connectivity index (χ2v) is 11.1. The summed E-state index contributed by atoms with van der Waals surface area (Å²) >= 11 is 3.41. The van der Waals surface area contributed by atoms with Crippen LogP contribution in [-0.4, -0.2) is 74.4 Å². The first-order valence-electron chi connectivity index (χ1n) is 9.62. The molecule has 10 heteroatoms. The van der Waals surface area contributed by atoms with Gasteiger partial charge in [-0.05, 0) is 25.0 Å². The zero-order valence-corrected chi connectivity index (χ0v) is 22.0. The number of thioether (sulfide) groups is 1. The predicted molar refractivity (Wildman–Crippen MR) is 133 cm³/mol. The Morgan fingerprint density at radius 3 is 2.64 bits per heavy atom. The van der Waals surface area contributed by atoms with Crippen LogP contribution < -0.4 is 5.32 Å². The number of halogens is 1. The van der Waals surface area contributed by atoms with Crippen LogP contribution >= 0.6 is 47.1 Å². The monoisotopic (exact) mass is 560 g/mol. The van der Waals surface area contributed by atoms with Gasteiger partial charge in [0.2, 0.25) is 0 Å². The van der Waals surface area contributed by atoms with Crippen LogP contribution in [0.15, 0.2) is 21.3 Å². The van der Waals surface area contributed by atoms with Crippen LogP contribution in [-0.2, 0) is 16.4 Å². The largest absolute Gasteiger partial charge is 0.356 e. The summed E-state index contributed by atoms with van der Waals surface area (Å²) in [5.41, 5.74) is 0. The van der Waals surface area contributed by atoms with Crippen molar-refractivity contribution in [2.75, 3.05) is 45.5 Å². The van der Waals surface area contributed by atoms with Gasteiger partial charge in [0.1, 0.15) is 4.21 Å². The van der Waals surface area contributed by atoms with Gasteiger partial charge in [-0.3, -0.25) is 4.99 Å². The highest BCUT2D eigenvalue weighted by Crippen LogP contribution is 2.25. The number of rotatable bonds is 8. The minimum atomic E-state index is -3.36. The number of hydrogen-bond donors (Lipinski definition) is 1. The maximum absolute atomic E-state index is 12.6. The number of sulfonamides is 1. The molecule has 1 aliphatic rings. The highest BCUT2D eigenvalue weighted by molar-refractivity contribution is 14.0. The van der Waals surface area contributed by atoms with E-state index in [1.807, 2.05) is 38.7 Å². The molecule has 1 fully saturated rings. The maximum Gasteiger partial charge on any atom is 0.252 e. The van der Waals surface area contributed by atoms with E-state index in [1.54, 1.807) is 6.07 Å². The Bertz CT molecular complexity index is 720. The van der Waals surface area contributed by atoms with E-state index in [1.165, 1.54) is 22.1 Å². The summed E-state index contributed by atoms with van der Waals surface area (Å²) in [6.45, 7) is 9.77.